The van der Waals surface area contributed by atoms with E-state index in [4.69, 9.17) is 37.9 Å². The maximum atomic E-state index is 11.2. The van der Waals surface area contributed by atoms with Crippen molar-refractivity contribution in [1.29, 1.82) is 0 Å². The van der Waals surface area contributed by atoms with Crippen LogP contribution in [0.15, 0.2) is 24.3 Å². The molecule has 0 unspecified atom stereocenters. The Labute approximate surface area is 191 Å². The lowest BCUT2D eigenvalue weighted by Crippen LogP contribution is -2.61. The van der Waals surface area contributed by atoms with Crippen molar-refractivity contribution in [3.8, 4) is 11.5 Å². The molecule has 7 heteroatoms. The van der Waals surface area contributed by atoms with Crippen LogP contribution in [0.5, 0.6) is 11.5 Å². The van der Waals surface area contributed by atoms with Crippen molar-refractivity contribution in [2.24, 2.45) is 5.92 Å². The molecule has 3 aromatic rings. The molecule has 2 heterocycles. The van der Waals surface area contributed by atoms with E-state index in [-0.39, 0.29) is 5.41 Å². The van der Waals surface area contributed by atoms with Gasteiger partial charge in [-0.2, -0.15) is 0 Å². The van der Waals surface area contributed by atoms with E-state index in [0.29, 0.717) is 33.5 Å². The second-order valence-electron chi connectivity index (χ2n) is 9.17. The van der Waals surface area contributed by atoms with Crippen LogP contribution in [0.2, 0.25) is 10.0 Å². The molecule has 31 heavy (non-hydrogen) atoms. The summed E-state index contributed by atoms with van der Waals surface area (Å²) >= 11 is 12.5. The fourth-order valence-electron chi connectivity index (χ4n) is 6.32. The van der Waals surface area contributed by atoms with Gasteiger partial charge in [-0.3, -0.25) is 0 Å². The van der Waals surface area contributed by atoms with Crippen LogP contribution < -0.4 is 4.74 Å². The van der Waals surface area contributed by atoms with Crippen LogP contribution in [-0.4, -0.2) is 46.7 Å². The fourth-order valence-corrected chi connectivity index (χ4v) is 6.63. The van der Waals surface area contributed by atoms with Gasteiger partial charge in [-0.05, 0) is 62.5 Å². The lowest BCUT2D eigenvalue weighted by molar-refractivity contribution is 0.0211. The molecular weight excluding hydrogens is 433 g/mol. The Morgan fingerprint density at radius 1 is 1.10 bits per heavy atom. The first kappa shape index (κ1) is 19.6. The number of ether oxygens (including phenoxy) is 1. The molecule has 2 aliphatic carbocycles. The van der Waals surface area contributed by atoms with Crippen LogP contribution in [0, 0.1) is 5.92 Å². The maximum absolute atomic E-state index is 11.2. The van der Waals surface area contributed by atoms with Crippen molar-refractivity contribution >= 4 is 34.2 Å². The number of methoxy groups -OCH3 is 1. The molecule has 0 radical (unpaired) electrons. The van der Waals surface area contributed by atoms with Crippen molar-refractivity contribution in [3.05, 3.63) is 56.8 Å². The highest BCUT2D eigenvalue weighted by molar-refractivity contribution is 6.42. The topological polar surface area (TPSA) is 58.5 Å². The fraction of sp³-hybridized carbons (Fsp3) is 0.417. The van der Waals surface area contributed by atoms with E-state index in [2.05, 4.69) is 18.0 Å². The van der Waals surface area contributed by atoms with Crippen LogP contribution in [0.4, 0.5) is 0 Å². The monoisotopic (exact) mass is 455 g/mol. The number of aromatic nitrogens is 2. The smallest absolute Gasteiger partial charge is 0.161 e. The van der Waals surface area contributed by atoms with Crippen LogP contribution in [-0.2, 0) is 24.7 Å². The molecule has 1 aromatic heterocycles. The van der Waals surface area contributed by atoms with Gasteiger partial charge < -0.3 is 14.7 Å². The normalized spacial score (nSPS) is 26.8. The number of halogens is 2. The summed E-state index contributed by atoms with van der Waals surface area (Å²) in [4.78, 5) is 12.4. The number of aromatic hydroxyl groups is 1. The Bertz CT molecular complexity index is 1250. The standard InChI is InChI=1S/C24H23Cl2N3O2/c1-29-6-5-24-11-19-16(27-17-9-14(25)15(26)10-18(17)28-19)8-13(24)20(29)7-12-3-4-21(31-2)23(30)22(12)24/h3-4,9-10,13,20,30H,5-8,11H2,1-2H3/t13-,20+,24-/m1/s1. The molecular formula is C24H23Cl2N3O2. The minimum absolute atomic E-state index is 0.172. The molecule has 1 N–H and O–H groups in total. The van der Waals surface area contributed by atoms with Gasteiger partial charge >= 0.3 is 0 Å². The SMILES string of the molecule is COc1ccc2c(c1O)[C@@]13CCN(C)[C@@H](C2)[C@H]1Cc1nc2cc(Cl)c(Cl)cc2nc1C3. The highest BCUT2D eigenvalue weighted by Gasteiger charge is 2.56. The zero-order valence-corrected chi connectivity index (χ0v) is 19.0. The molecule has 3 aliphatic rings. The molecule has 1 aliphatic heterocycles. The molecule has 3 atom stereocenters. The number of benzene rings is 2. The maximum Gasteiger partial charge on any atom is 0.161 e. The minimum atomic E-state index is -0.172. The number of hydrogen-bond acceptors (Lipinski definition) is 5. The largest absolute Gasteiger partial charge is 0.504 e. The molecule has 2 bridgehead atoms. The van der Waals surface area contributed by atoms with E-state index in [9.17, 15) is 5.11 Å². The third kappa shape index (κ3) is 2.66. The predicted molar refractivity (Wildman–Crippen MR) is 122 cm³/mol. The van der Waals surface area contributed by atoms with E-state index in [1.807, 2.05) is 6.07 Å². The van der Waals surface area contributed by atoms with E-state index < -0.39 is 0 Å². The van der Waals surface area contributed by atoms with Gasteiger partial charge in [-0.1, -0.05) is 29.3 Å². The summed E-state index contributed by atoms with van der Waals surface area (Å²) in [5.41, 5.74) is 5.69. The highest BCUT2D eigenvalue weighted by Crippen LogP contribution is 2.57. The molecule has 2 aromatic carbocycles. The number of likely N-dealkylation sites (N-methyl/N-ethyl adjacent to an activating group) is 1. The third-order valence-corrected chi connectivity index (χ3v) is 8.50. The van der Waals surface area contributed by atoms with Crippen LogP contribution in [0.1, 0.15) is 28.9 Å². The summed E-state index contributed by atoms with van der Waals surface area (Å²) in [5.74, 6) is 1.19. The van der Waals surface area contributed by atoms with Crippen molar-refractivity contribution in [1.82, 2.24) is 14.9 Å². The average molecular weight is 456 g/mol. The molecule has 0 spiro atoms. The third-order valence-electron chi connectivity index (χ3n) is 7.78. The van der Waals surface area contributed by atoms with Gasteiger partial charge in [0.1, 0.15) is 0 Å². The summed E-state index contributed by atoms with van der Waals surface area (Å²) in [6.07, 6.45) is 3.49. The van der Waals surface area contributed by atoms with Gasteiger partial charge in [0.2, 0.25) is 0 Å². The molecule has 0 amide bonds. The Morgan fingerprint density at radius 3 is 2.52 bits per heavy atom. The van der Waals surface area contributed by atoms with Gasteiger partial charge in [0.25, 0.3) is 0 Å². The number of likely N-dealkylation sites (tertiary alicyclic amines) is 1. The van der Waals surface area contributed by atoms with Crippen molar-refractivity contribution in [2.45, 2.75) is 37.1 Å². The lowest BCUT2D eigenvalue weighted by atomic mass is 9.52. The summed E-state index contributed by atoms with van der Waals surface area (Å²) in [5, 5.41) is 12.2. The summed E-state index contributed by atoms with van der Waals surface area (Å²) in [7, 11) is 3.83. The highest BCUT2D eigenvalue weighted by atomic mass is 35.5. The second-order valence-corrected chi connectivity index (χ2v) is 9.98. The molecule has 1 fully saturated rings. The van der Waals surface area contributed by atoms with Gasteiger partial charge in [0.15, 0.2) is 11.5 Å². The first-order valence-electron chi connectivity index (χ1n) is 10.7. The van der Waals surface area contributed by atoms with Crippen molar-refractivity contribution in [2.75, 3.05) is 20.7 Å². The number of nitrogens with zero attached hydrogens (tertiary/aromatic N) is 3. The molecule has 5 nitrogen and oxygen atoms in total. The average Bonchev–Trinajstić information content (AvgIpc) is 2.74. The van der Waals surface area contributed by atoms with Gasteiger partial charge in [-0.25, -0.2) is 9.97 Å². The van der Waals surface area contributed by atoms with Crippen molar-refractivity contribution < 1.29 is 9.84 Å². The van der Waals surface area contributed by atoms with E-state index in [1.54, 1.807) is 19.2 Å². The van der Waals surface area contributed by atoms with Crippen molar-refractivity contribution in [3.63, 3.8) is 0 Å². The summed E-state index contributed by atoms with van der Waals surface area (Å²) < 4.78 is 5.48. The zero-order chi connectivity index (χ0) is 21.5. The lowest BCUT2D eigenvalue weighted by Gasteiger charge is -2.58. The van der Waals surface area contributed by atoms with E-state index in [0.717, 1.165) is 60.2 Å². The quantitative estimate of drug-likeness (QED) is 0.582. The Balaban J connectivity index is 1.58. The molecule has 1 saturated heterocycles. The van der Waals surface area contributed by atoms with Gasteiger partial charge in [-0.15, -0.1) is 0 Å². The van der Waals surface area contributed by atoms with Gasteiger partial charge in [0.05, 0.1) is 39.6 Å². The number of rotatable bonds is 1. The predicted octanol–water partition coefficient (Wildman–Crippen LogP) is 4.56. The minimum Gasteiger partial charge on any atom is -0.504 e. The van der Waals surface area contributed by atoms with Gasteiger partial charge in [0, 0.05) is 23.4 Å². The van der Waals surface area contributed by atoms with E-state index >= 15 is 0 Å². The summed E-state index contributed by atoms with van der Waals surface area (Å²) in [6, 6.07) is 8.02. The number of phenolic OH excluding ortho intramolecular Hbond substituents is 1. The number of phenols is 1. The molecule has 6 rings (SSSR count). The number of hydrogen-bond donors (Lipinski definition) is 1. The zero-order valence-electron chi connectivity index (χ0n) is 17.5. The molecule has 0 saturated carbocycles. The van der Waals surface area contributed by atoms with Crippen LogP contribution in [0.3, 0.4) is 0 Å². The summed E-state index contributed by atoms with van der Waals surface area (Å²) in [6.45, 7) is 0.995. The van der Waals surface area contributed by atoms with E-state index in [1.165, 1.54) is 5.56 Å². The number of piperidine rings is 1. The number of fused-ring (bicyclic) bond motifs is 3. The first-order chi connectivity index (χ1) is 14.9. The first-order valence-corrected chi connectivity index (χ1v) is 11.4. The Morgan fingerprint density at radius 2 is 1.81 bits per heavy atom. The Hall–Kier alpha value is -2.08. The Kier molecular flexibility index (Phi) is 4.24. The van der Waals surface area contributed by atoms with Crippen LogP contribution in [0.25, 0.3) is 11.0 Å². The van der Waals surface area contributed by atoms with Crippen LogP contribution >= 0.6 is 23.2 Å². The second kappa shape index (κ2) is 6.71. The molecule has 160 valence electrons.